The molecule has 0 bridgehead atoms. The van der Waals surface area contributed by atoms with E-state index in [9.17, 15) is 0 Å². The molecule has 0 saturated heterocycles. The minimum Gasteiger partial charge on any atom is -0.376 e. The largest absolute Gasteiger partial charge is 0.376 e. The molecule has 2 N–H and O–H groups in total. The summed E-state index contributed by atoms with van der Waals surface area (Å²) in [7, 11) is 0. The van der Waals surface area contributed by atoms with Gasteiger partial charge in [-0.25, -0.2) is 0 Å². The average molecular weight is 230 g/mol. The van der Waals surface area contributed by atoms with Crippen LogP contribution in [0.3, 0.4) is 0 Å². The number of likely N-dealkylation sites (N-methyl/N-ethyl adjacent to an activating group) is 1. The molecule has 98 valence electrons. The fourth-order valence-electron chi connectivity index (χ4n) is 1.96. The molecule has 0 heterocycles. The summed E-state index contributed by atoms with van der Waals surface area (Å²) in [5.74, 6) is 0.806. The van der Waals surface area contributed by atoms with Gasteiger partial charge in [-0.05, 0) is 19.4 Å². The Balaban J connectivity index is 4.05. The van der Waals surface area contributed by atoms with Gasteiger partial charge in [-0.2, -0.15) is 0 Å². The molecule has 0 aromatic carbocycles. The molecule has 0 fully saturated rings. The van der Waals surface area contributed by atoms with E-state index in [0.29, 0.717) is 6.54 Å². The molecule has 0 spiro atoms. The fourth-order valence-corrected chi connectivity index (χ4v) is 1.96. The Bertz CT molecular complexity index is 149. The van der Waals surface area contributed by atoms with Gasteiger partial charge in [0.2, 0.25) is 0 Å². The first-order valence-corrected chi connectivity index (χ1v) is 6.75. The second-order valence-corrected chi connectivity index (χ2v) is 4.35. The summed E-state index contributed by atoms with van der Waals surface area (Å²) in [4.78, 5) is 2.46. The highest BCUT2D eigenvalue weighted by atomic mass is 16.5. The molecule has 0 aromatic heterocycles. The Morgan fingerprint density at radius 1 is 1.06 bits per heavy atom. The van der Waals surface area contributed by atoms with E-state index >= 15 is 0 Å². The maximum atomic E-state index is 5.71. The number of hydrogen-bond acceptors (Lipinski definition) is 3. The van der Waals surface area contributed by atoms with Gasteiger partial charge >= 0.3 is 0 Å². The Hall–Kier alpha value is -0.120. The van der Waals surface area contributed by atoms with Crippen molar-refractivity contribution in [3.8, 4) is 0 Å². The third kappa shape index (κ3) is 6.46. The summed E-state index contributed by atoms with van der Waals surface area (Å²) < 4.78 is 5.61. The molecule has 16 heavy (non-hydrogen) atoms. The minimum absolute atomic E-state index is 0.194. The normalized spacial score (nSPS) is 13.7. The lowest BCUT2D eigenvalue weighted by atomic mass is 10.0. The van der Waals surface area contributed by atoms with Crippen LogP contribution in [0, 0.1) is 5.92 Å². The van der Waals surface area contributed by atoms with Crippen molar-refractivity contribution < 1.29 is 4.74 Å². The highest BCUT2D eigenvalue weighted by molar-refractivity contribution is 4.69. The van der Waals surface area contributed by atoms with Gasteiger partial charge in [0.05, 0.1) is 6.10 Å². The van der Waals surface area contributed by atoms with Crippen molar-refractivity contribution in [1.82, 2.24) is 4.90 Å². The molecular weight excluding hydrogens is 200 g/mol. The summed E-state index contributed by atoms with van der Waals surface area (Å²) in [6, 6.07) is 0. The quantitative estimate of drug-likeness (QED) is 0.625. The van der Waals surface area contributed by atoms with Crippen LogP contribution in [0.4, 0.5) is 0 Å². The number of rotatable bonds is 10. The third-order valence-electron chi connectivity index (χ3n) is 3.25. The van der Waals surface area contributed by atoms with Crippen molar-refractivity contribution >= 4 is 0 Å². The first-order chi connectivity index (χ1) is 7.71. The maximum Gasteiger partial charge on any atom is 0.0823 e. The molecule has 0 aliphatic rings. The van der Waals surface area contributed by atoms with Crippen LogP contribution in [0.5, 0.6) is 0 Å². The van der Waals surface area contributed by atoms with Crippen LogP contribution in [0.1, 0.15) is 40.5 Å². The molecule has 0 saturated carbocycles. The van der Waals surface area contributed by atoms with Gasteiger partial charge in [-0.3, -0.25) is 0 Å². The van der Waals surface area contributed by atoms with Crippen LogP contribution < -0.4 is 5.73 Å². The van der Waals surface area contributed by atoms with Gasteiger partial charge in [-0.1, -0.05) is 33.6 Å². The molecule has 0 radical (unpaired) electrons. The van der Waals surface area contributed by atoms with Gasteiger partial charge in [0.15, 0.2) is 0 Å². The molecule has 3 heteroatoms. The van der Waals surface area contributed by atoms with Crippen molar-refractivity contribution in [2.45, 2.75) is 46.6 Å². The molecule has 0 rings (SSSR count). The standard InChI is InChI=1S/C13H30N2O/c1-5-12(6-2)10-15(7-3)11-13(9-14)16-8-4/h12-13H,5-11,14H2,1-4H3. The number of nitrogens with two attached hydrogens (primary N) is 1. The lowest BCUT2D eigenvalue weighted by molar-refractivity contribution is 0.0363. The smallest absolute Gasteiger partial charge is 0.0823 e. The highest BCUT2D eigenvalue weighted by Crippen LogP contribution is 2.10. The topological polar surface area (TPSA) is 38.5 Å². The van der Waals surface area contributed by atoms with E-state index in [1.54, 1.807) is 0 Å². The number of hydrogen-bond donors (Lipinski definition) is 1. The van der Waals surface area contributed by atoms with E-state index in [2.05, 4.69) is 25.7 Å². The second kappa shape index (κ2) is 10.1. The SMILES string of the molecule is CCOC(CN)CN(CC)CC(CC)CC. The van der Waals surface area contributed by atoms with E-state index in [-0.39, 0.29) is 6.10 Å². The Kier molecular flexibility index (Phi) is 9.99. The highest BCUT2D eigenvalue weighted by Gasteiger charge is 2.14. The monoisotopic (exact) mass is 230 g/mol. The zero-order valence-electron chi connectivity index (χ0n) is 11.5. The lowest BCUT2D eigenvalue weighted by Gasteiger charge is -2.28. The summed E-state index contributed by atoms with van der Waals surface area (Å²) in [5.41, 5.74) is 5.71. The van der Waals surface area contributed by atoms with Crippen molar-refractivity contribution in [3.63, 3.8) is 0 Å². The summed E-state index contributed by atoms with van der Waals surface area (Å²) >= 11 is 0. The predicted octanol–water partition coefficient (Wildman–Crippen LogP) is 2.11. The van der Waals surface area contributed by atoms with Crippen LogP contribution in [0.15, 0.2) is 0 Å². The van der Waals surface area contributed by atoms with Crippen LogP contribution in [0.2, 0.25) is 0 Å². The molecule has 3 nitrogen and oxygen atoms in total. The van der Waals surface area contributed by atoms with Crippen molar-refractivity contribution in [1.29, 1.82) is 0 Å². The van der Waals surface area contributed by atoms with Gasteiger partial charge in [0.25, 0.3) is 0 Å². The van der Waals surface area contributed by atoms with E-state index in [4.69, 9.17) is 10.5 Å². The van der Waals surface area contributed by atoms with Crippen molar-refractivity contribution in [2.24, 2.45) is 11.7 Å². The molecule has 0 aliphatic carbocycles. The van der Waals surface area contributed by atoms with Gasteiger partial charge < -0.3 is 15.4 Å². The van der Waals surface area contributed by atoms with Crippen molar-refractivity contribution in [3.05, 3.63) is 0 Å². The predicted molar refractivity (Wildman–Crippen MR) is 70.7 cm³/mol. The summed E-state index contributed by atoms with van der Waals surface area (Å²) in [6.07, 6.45) is 2.71. The average Bonchev–Trinajstić information content (AvgIpc) is 2.33. The van der Waals surface area contributed by atoms with E-state index in [1.165, 1.54) is 19.4 Å². The molecule has 1 atom stereocenters. The molecule has 0 amide bonds. The van der Waals surface area contributed by atoms with Gasteiger partial charge in [0, 0.05) is 26.2 Å². The minimum atomic E-state index is 0.194. The third-order valence-corrected chi connectivity index (χ3v) is 3.25. The van der Waals surface area contributed by atoms with E-state index in [0.717, 1.165) is 25.6 Å². The number of ether oxygens (including phenoxy) is 1. The Labute approximate surface area is 101 Å². The van der Waals surface area contributed by atoms with Crippen LogP contribution >= 0.6 is 0 Å². The van der Waals surface area contributed by atoms with Crippen molar-refractivity contribution in [2.75, 3.05) is 32.8 Å². The lowest BCUT2D eigenvalue weighted by Crippen LogP contribution is -2.40. The second-order valence-electron chi connectivity index (χ2n) is 4.35. The zero-order chi connectivity index (χ0) is 12.4. The Morgan fingerprint density at radius 2 is 1.69 bits per heavy atom. The number of nitrogens with zero attached hydrogens (tertiary/aromatic N) is 1. The molecule has 1 unspecified atom stereocenters. The Morgan fingerprint density at radius 3 is 2.06 bits per heavy atom. The molecule has 0 aliphatic heterocycles. The summed E-state index contributed by atoms with van der Waals surface area (Å²) in [6.45, 7) is 13.4. The zero-order valence-corrected chi connectivity index (χ0v) is 11.5. The summed E-state index contributed by atoms with van der Waals surface area (Å²) in [5, 5.41) is 0. The van der Waals surface area contributed by atoms with E-state index < -0.39 is 0 Å². The molecule has 0 aromatic rings. The fraction of sp³-hybridized carbons (Fsp3) is 1.00. The first-order valence-electron chi connectivity index (χ1n) is 6.75. The maximum absolute atomic E-state index is 5.71. The van der Waals surface area contributed by atoms with E-state index in [1.807, 2.05) is 6.92 Å². The first kappa shape index (κ1) is 15.9. The molecular formula is C13H30N2O. The van der Waals surface area contributed by atoms with Crippen LogP contribution in [0.25, 0.3) is 0 Å². The van der Waals surface area contributed by atoms with Crippen LogP contribution in [-0.2, 0) is 4.74 Å². The van der Waals surface area contributed by atoms with Gasteiger partial charge in [-0.15, -0.1) is 0 Å². The van der Waals surface area contributed by atoms with Crippen LogP contribution in [-0.4, -0.2) is 43.8 Å². The van der Waals surface area contributed by atoms with Gasteiger partial charge in [0.1, 0.15) is 0 Å².